The third kappa shape index (κ3) is 3.01. The predicted octanol–water partition coefficient (Wildman–Crippen LogP) is 1.96. The van der Waals surface area contributed by atoms with E-state index >= 15 is 0 Å². The van der Waals surface area contributed by atoms with Crippen LogP contribution in [0.25, 0.3) is 0 Å². The molecule has 0 bridgehead atoms. The molecule has 21 heavy (non-hydrogen) atoms. The van der Waals surface area contributed by atoms with Crippen LogP contribution in [-0.2, 0) is 11.8 Å². The van der Waals surface area contributed by atoms with Gasteiger partial charge < -0.3 is 14.6 Å². The summed E-state index contributed by atoms with van der Waals surface area (Å²) in [6.45, 7) is 3.94. The van der Waals surface area contributed by atoms with Crippen molar-refractivity contribution in [3.63, 3.8) is 0 Å². The highest BCUT2D eigenvalue weighted by Crippen LogP contribution is 2.34. The van der Waals surface area contributed by atoms with Crippen molar-refractivity contribution in [2.45, 2.75) is 31.9 Å². The van der Waals surface area contributed by atoms with Gasteiger partial charge in [0.1, 0.15) is 5.82 Å². The van der Waals surface area contributed by atoms with Gasteiger partial charge in [0.15, 0.2) is 0 Å². The molecule has 2 aromatic rings. The van der Waals surface area contributed by atoms with Crippen LogP contribution in [0.1, 0.15) is 43.3 Å². The molecule has 0 saturated carbocycles. The number of nitrogens with one attached hydrogen (secondary N) is 2. The maximum absolute atomic E-state index is 5.87. The molecule has 1 saturated heterocycles. The second-order valence-corrected chi connectivity index (χ2v) is 5.64. The third-order valence-electron chi connectivity index (χ3n) is 4.27. The Kier molecular flexibility index (Phi) is 4.36. The van der Waals surface area contributed by atoms with Gasteiger partial charge in [-0.15, -0.1) is 0 Å². The molecule has 0 aromatic carbocycles. The number of aromatic nitrogens is 4. The molecule has 1 fully saturated rings. The second kappa shape index (κ2) is 6.41. The van der Waals surface area contributed by atoms with Gasteiger partial charge >= 0.3 is 0 Å². The second-order valence-electron chi connectivity index (χ2n) is 5.64. The zero-order valence-electron chi connectivity index (χ0n) is 12.6. The zero-order valence-corrected chi connectivity index (χ0v) is 12.6. The van der Waals surface area contributed by atoms with Gasteiger partial charge in [0.25, 0.3) is 0 Å². The number of rotatable bonds is 6. The van der Waals surface area contributed by atoms with E-state index in [1.54, 1.807) is 0 Å². The summed E-state index contributed by atoms with van der Waals surface area (Å²) in [5, 5.41) is 10.5. The fraction of sp³-hybridized carbons (Fsp3) is 0.600. The summed E-state index contributed by atoms with van der Waals surface area (Å²) >= 11 is 0. The van der Waals surface area contributed by atoms with Crippen molar-refractivity contribution >= 4 is 0 Å². The number of hydrogen-bond donors (Lipinski definition) is 2. The van der Waals surface area contributed by atoms with E-state index < -0.39 is 0 Å². The van der Waals surface area contributed by atoms with Gasteiger partial charge in [-0.05, 0) is 12.8 Å². The van der Waals surface area contributed by atoms with Crippen molar-refractivity contribution in [2.24, 2.45) is 13.0 Å². The van der Waals surface area contributed by atoms with Crippen LogP contribution >= 0.6 is 0 Å². The molecule has 2 aromatic heterocycles. The minimum absolute atomic E-state index is 0.148. The maximum Gasteiger partial charge on any atom is 0.125 e. The number of hydrogen-bond acceptors (Lipinski definition) is 4. The highest BCUT2D eigenvalue weighted by molar-refractivity contribution is 5.10. The van der Waals surface area contributed by atoms with Crippen LogP contribution < -0.4 is 5.32 Å². The Balaban J connectivity index is 1.62. The average molecular weight is 289 g/mol. The first-order chi connectivity index (χ1) is 10.3. The molecule has 1 aliphatic heterocycles. The molecule has 3 atom stereocenters. The Morgan fingerprint density at radius 1 is 1.57 bits per heavy atom. The summed E-state index contributed by atoms with van der Waals surface area (Å²) in [5.41, 5.74) is 1.14. The highest BCUT2D eigenvalue weighted by Gasteiger charge is 2.30. The lowest BCUT2D eigenvalue weighted by Crippen LogP contribution is -2.30. The molecule has 6 heteroatoms. The van der Waals surface area contributed by atoms with Gasteiger partial charge in [0, 0.05) is 50.3 Å². The molecule has 0 spiro atoms. The quantitative estimate of drug-likeness (QED) is 0.853. The van der Waals surface area contributed by atoms with Crippen molar-refractivity contribution in [2.75, 3.05) is 13.2 Å². The summed E-state index contributed by atoms with van der Waals surface area (Å²) in [7, 11) is 2.04. The van der Waals surface area contributed by atoms with E-state index in [4.69, 9.17) is 4.74 Å². The van der Waals surface area contributed by atoms with Gasteiger partial charge in [-0.3, -0.25) is 5.10 Å². The van der Waals surface area contributed by atoms with E-state index in [-0.39, 0.29) is 12.1 Å². The minimum atomic E-state index is 0.148. The molecule has 1 aliphatic rings. The number of aryl methyl sites for hydroxylation is 1. The van der Waals surface area contributed by atoms with Crippen molar-refractivity contribution in [1.82, 2.24) is 25.1 Å². The lowest BCUT2D eigenvalue weighted by atomic mass is 9.97. The number of aromatic amines is 1. The predicted molar refractivity (Wildman–Crippen MR) is 79.6 cm³/mol. The molecular formula is C15H23N5O. The molecule has 0 amide bonds. The lowest BCUT2D eigenvalue weighted by Gasteiger charge is -2.22. The largest absolute Gasteiger partial charge is 0.373 e. The Labute approximate surface area is 124 Å². The lowest BCUT2D eigenvalue weighted by molar-refractivity contribution is 0.0896. The van der Waals surface area contributed by atoms with Crippen LogP contribution in [0.4, 0.5) is 0 Å². The van der Waals surface area contributed by atoms with Gasteiger partial charge in [-0.1, -0.05) is 6.92 Å². The molecule has 3 heterocycles. The van der Waals surface area contributed by atoms with E-state index in [9.17, 15) is 0 Å². The molecule has 6 nitrogen and oxygen atoms in total. The van der Waals surface area contributed by atoms with E-state index in [1.807, 2.05) is 31.8 Å². The Morgan fingerprint density at radius 3 is 3.14 bits per heavy atom. The Morgan fingerprint density at radius 2 is 2.48 bits per heavy atom. The summed E-state index contributed by atoms with van der Waals surface area (Å²) in [5.74, 6) is 1.58. The number of H-pyrrole nitrogens is 1. The molecule has 114 valence electrons. The molecule has 1 unspecified atom stereocenters. The third-order valence-corrected chi connectivity index (χ3v) is 4.27. The smallest absolute Gasteiger partial charge is 0.125 e. The molecule has 2 N–H and O–H groups in total. The average Bonchev–Trinajstić information content (AvgIpc) is 3.20. The van der Waals surface area contributed by atoms with Crippen molar-refractivity contribution in [1.29, 1.82) is 0 Å². The van der Waals surface area contributed by atoms with E-state index in [0.717, 1.165) is 37.4 Å². The van der Waals surface area contributed by atoms with Crippen molar-refractivity contribution < 1.29 is 4.74 Å². The van der Waals surface area contributed by atoms with Crippen molar-refractivity contribution in [3.05, 3.63) is 36.2 Å². The van der Waals surface area contributed by atoms with Crippen LogP contribution in [0.15, 0.2) is 24.8 Å². The SMILES string of the molecule is CCC(NC[C@H]1CCO[C@@H]1c1cn[nH]c1)c1nccn1C. The molecule has 0 radical (unpaired) electrons. The van der Waals surface area contributed by atoms with E-state index in [2.05, 4.69) is 32.0 Å². The monoisotopic (exact) mass is 289 g/mol. The number of ether oxygens (including phenoxy) is 1. The maximum atomic E-state index is 5.87. The first-order valence-electron chi connectivity index (χ1n) is 7.60. The Hall–Kier alpha value is -1.66. The standard InChI is InChI=1S/C15H23N5O/c1-3-13(15-16-5-6-20(15)2)17-8-11-4-7-21-14(11)12-9-18-19-10-12/h5-6,9-11,13-14,17H,3-4,7-8H2,1-2H3,(H,18,19)/t11-,13?,14+/m1/s1. The van der Waals surface area contributed by atoms with Gasteiger partial charge in [-0.25, -0.2) is 4.98 Å². The Bertz CT molecular complexity index is 550. The van der Waals surface area contributed by atoms with Gasteiger partial charge in [0.05, 0.1) is 18.3 Å². The van der Waals surface area contributed by atoms with Gasteiger partial charge in [0.2, 0.25) is 0 Å². The van der Waals surface area contributed by atoms with Crippen LogP contribution in [0.5, 0.6) is 0 Å². The summed E-state index contributed by atoms with van der Waals surface area (Å²) in [4.78, 5) is 4.46. The van der Waals surface area contributed by atoms with Crippen molar-refractivity contribution in [3.8, 4) is 0 Å². The molecular weight excluding hydrogens is 266 g/mol. The molecule has 3 rings (SSSR count). The summed E-state index contributed by atoms with van der Waals surface area (Å²) in [6.07, 6.45) is 9.89. The number of imidazole rings is 1. The minimum Gasteiger partial charge on any atom is -0.373 e. The van der Waals surface area contributed by atoms with Crippen LogP contribution in [0.2, 0.25) is 0 Å². The van der Waals surface area contributed by atoms with E-state index in [1.165, 1.54) is 0 Å². The van der Waals surface area contributed by atoms with E-state index in [0.29, 0.717) is 5.92 Å². The van der Waals surface area contributed by atoms with Crippen LogP contribution in [0.3, 0.4) is 0 Å². The normalized spacial score (nSPS) is 23.5. The first kappa shape index (κ1) is 14.3. The van der Waals surface area contributed by atoms with Gasteiger partial charge in [-0.2, -0.15) is 5.10 Å². The van der Waals surface area contributed by atoms with Crippen LogP contribution in [-0.4, -0.2) is 32.9 Å². The first-order valence-corrected chi connectivity index (χ1v) is 7.60. The highest BCUT2D eigenvalue weighted by atomic mass is 16.5. The fourth-order valence-corrected chi connectivity index (χ4v) is 3.05. The fourth-order valence-electron chi connectivity index (χ4n) is 3.05. The topological polar surface area (TPSA) is 67.8 Å². The number of nitrogens with zero attached hydrogens (tertiary/aromatic N) is 3. The summed E-state index contributed by atoms with van der Waals surface area (Å²) in [6, 6.07) is 0.288. The zero-order chi connectivity index (χ0) is 14.7. The molecule has 0 aliphatic carbocycles. The van der Waals surface area contributed by atoms with Crippen LogP contribution in [0, 0.1) is 5.92 Å². The summed E-state index contributed by atoms with van der Waals surface area (Å²) < 4.78 is 7.95.